The Hall–Kier alpha value is -6.43. The molecule has 2 unspecified atom stereocenters. The summed E-state index contributed by atoms with van der Waals surface area (Å²) in [5, 5.41) is 12.1. The summed E-state index contributed by atoms with van der Waals surface area (Å²) in [5.41, 5.74) is 13.8. The zero-order valence-electron chi connectivity index (χ0n) is 29.5. The van der Waals surface area contributed by atoms with Crippen molar-refractivity contribution in [2.45, 2.75) is 31.6 Å². The Kier molecular flexibility index (Phi) is 6.43. The lowest BCUT2D eigenvalue weighted by Crippen LogP contribution is -2.44. The minimum Gasteiger partial charge on any atom is -0.456 e. The van der Waals surface area contributed by atoms with Crippen LogP contribution in [0.3, 0.4) is 0 Å². The maximum absolute atomic E-state index is 6.71. The second kappa shape index (κ2) is 11.3. The number of hydrogen-bond donors (Lipinski definition) is 2. The average molecular weight is 685 g/mol. The number of amidine groups is 1. The van der Waals surface area contributed by atoms with E-state index in [2.05, 4.69) is 175 Å². The second-order valence-electron chi connectivity index (χ2n) is 14.8. The summed E-state index contributed by atoms with van der Waals surface area (Å²) >= 11 is 0. The first-order chi connectivity index (χ1) is 26.0. The molecule has 9 aromatic rings. The van der Waals surface area contributed by atoms with Gasteiger partial charge in [-0.2, -0.15) is 0 Å². The molecule has 0 amide bonds. The molecule has 0 saturated carbocycles. The van der Waals surface area contributed by atoms with Crippen LogP contribution in [-0.2, 0) is 5.41 Å². The van der Waals surface area contributed by atoms with Gasteiger partial charge in [0.2, 0.25) is 0 Å². The minimum absolute atomic E-state index is 0.0714. The molecule has 11 rings (SSSR count). The van der Waals surface area contributed by atoms with Crippen molar-refractivity contribution in [1.29, 1.82) is 0 Å². The standard InChI is InChI=1S/C48H36N4O/c1-48(2)37-20-11-9-18-32(37)35-28-41-36(27-38(35)48)33-19-10-12-21-39(33)52(41)40-22-13-23-42-44(40)34-25-24-31(26-43(34)53-42)47-50-45(29-14-5-3-6-15-29)49-46(51-47)30-16-7-4-8-17-30/h3-28,45,47,50H,1-2H3,(H,49,51). The third-order valence-electron chi connectivity index (χ3n) is 11.5. The monoisotopic (exact) mass is 684 g/mol. The molecule has 0 fully saturated rings. The fourth-order valence-corrected chi connectivity index (χ4v) is 8.89. The van der Waals surface area contributed by atoms with Crippen molar-refractivity contribution in [2.24, 2.45) is 4.99 Å². The van der Waals surface area contributed by atoms with Crippen molar-refractivity contribution >= 4 is 49.6 Å². The zero-order valence-corrected chi connectivity index (χ0v) is 29.5. The van der Waals surface area contributed by atoms with Crippen molar-refractivity contribution in [2.75, 3.05) is 0 Å². The lowest BCUT2D eigenvalue weighted by atomic mass is 9.82. The number of nitrogens with zero attached hydrogens (tertiary/aromatic N) is 2. The fourth-order valence-electron chi connectivity index (χ4n) is 8.89. The van der Waals surface area contributed by atoms with Crippen LogP contribution in [0, 0.1) is 0 Å². The first-order valence-electron chi connectivity index (χ1n) is 18.4. The van der Waals surface area contributed by atoms with Gasteiger partial charge in [0.15, 0.2) is 0 Å². The smallest absolute Gasteiger partial charge is 0.137 e. The van der Waals surface area contributed by atoms with Crippen LogP contribution < -0.4 is 10.6 Å². The Bertz CT molecular complexity index is 2930. The average Bonchev–Trinajstić information content (AvgIpc) is 3.82. The third-order valence-corrected chi connectivity index (χ3v) is 11.5. The molecule has 0 bridgehead atoms. The molecule has 3 heterocycles. The molecule has 1 aliphatic heterocycles. The van der Waals surface area contributed by atoms with Crippen molar-refractivity contribution in [3.63, 3.8) is 0 Å². The van der Waals surface area contributed by atoms with E-state index >= 15 is 0 Å². The molecule has 5 heteroatoms. The number of hydrogen-bond acceptors (Lipinski definition) is 4. The van der Waals surface area contributed by atoms with E-state index in [9.17, 15) is 0 Å². The molecular weight excluding hydrogens is 649 g/mol. The molecule has 2 N–H and O–H groups in total. The Morgan fingerprint density at radius 2 is 1.36 bits per heavy atom. The maximum atomic E-state index is 6.71. The Labute approximate surface area is 307 Å². The number of fused-ring (bicyclic) bond motifs is 9. The molecule has 0 spiro atoms. The van der Waals surface area contributed by atoms with E-state index in [1.54, 1.807) is 0 Å². The Morgan fingerprint density at radius 1 is 0.585 bits per heavy atom. The maximum Gasteiger partial charge on any atom is 0.137 e. The summed E-state index contributed by atoms with van der Waals surface area (Å²) in [5.74, 6) is 0.860. The normalized spacial score (nSPS) is 17.6. The summed E-state index contributed by atoms with van der Waals surface area (Å²) in [6.07, 6.45) is -0.388. The van der Waals surface area contributed by atoms with Gasteiger partial charge in [0.25, 0.3) is 0 Å². The summed E-state index contributed by atoms with van der Waals surface area (Å²) in [6, 6.07) is 56.4. The predicted octanol–water partition coefficient (Wildman–Crippen LogP) is 11.3. The molecule has 2 aromatic heterocycles. The van der Waals surface area contributed by atoms with Gasteiger partial charge >= 0.3 is 0 Å². The lowest BCUT2D eigenvalue weighted by molar-refractivity contribution is 0.409. The topological polar surface area (TPSA) is 54.5 Å². The van der Waals surface area contributed by atoms with Crippen molar-refractivity contribution < 1.29 is 4.42 Å². The number of rotatable bonds is 4. The van der Waals surface area contributed by atoms with E-state index < -0.39 is 0 Å². The van der Waals surface area contributed by atoms with Gasteiger partial charge < -0.3 is 14.3 Å². The summed E-state index contributed by atoms with van der Waals surface area (Å²) in [7, 11) is 0. The summed E-state index contributed by atoms with van der Waals surface area (Å²) in [6.45, 7) is 4.70. The SMILES string of the molecule is CC1(C)c2ccccc2-c2cc3c(cc21)c1ccccc1n3-c1cccc2oc3cc(C4N=C(c5ccccc5)NC(c5ccccc5)N4)ccc3c12. The van der Waals surface area contributed by atoms with E-state index in [-0.39, 0.29) is 17.7 Å². The number of furan rings is 1. The van der Waals surface area contributed by atoms with Crippen molar-refractivity contribution in [1.82, 2.24) is 15.2 Å². The highest BCUT2D eigenvalue weighted by Gasteiger charge is 2.36. The van der Waals surface area contributed by atoms with E-state index in [1.807, 2.05) is 12.1 Å². The second-order valence-corrected chi connectivity index (χ2v) is 14.8. The van der Waals surface area contributed by atoms with Crippen molar-refractivity contribution in [3.05, 3.63) is 186 Å². The zero-order chi connectivity index (χ0) is 35.3. The summed E-state index contributed by atoms with van der Waals surface area (Å²) < 4.78 is 9.16. The van der Waals surface area contributed by atoms with Crippen LogP contribution >= 0.6 is 0 Å². The minimum atomic E-state index is -0.277. The predicted molar refractivity (Wildman–Crippen MR) is 217 cm³/mol. The highest BCUT2D eigenvalue weighted by atomic mass is 16.3. The molecule has 0 radical (unpaired) electrons. The van der Waals surface area contributed by atoms with Gasteiger partial charge in [-0.1, -0.05) is 135 Å². The number of aliphatic imine (C=N–C) groups is 1. The number of para-hydroxylation sites is 1. The molecule has 5 nitrogen and oxygen atoms in total. The van der Waals surface area contributed by atoms with Gasteiger partial charge in [-0.15, -0.1) is 0 Å². The van der Waals surface area contributed by atoms with E-state index in [4.69, 9.17) is 9.41 Å². The molecule has 7 aromatic carbocycles. The molecule has 254 valence electrons. The third kappa shape index (κ3) is 4.51. The van der Waals surface area contributed by atoms with Crippen LogP contribution in [-0.4, -0.2) is 10.4 Å². The van der Waals surface area contributed by atoms with Gasteiger partial charge in [-0.05, 0) is 69.8 Å². The van der Waals surface area contributed by atoms with E-state index in [1.165, 1.54) is 44.1 Å². The Morgan fingerprint density at radius 3 is 2.23 bits per heavy atom. The van der Waals surface area contributed by atoms with Gasteiger partial charge in [0.1, 0.15) is 29.3 Å². The van der Waals surface area contributed by atoms with Crippen molar-refractivity contribution in [3.8, 4) is 16.8 Å². The van der Waals surface area contributed by atoms with Crippen LogP contribution in [0.15, 0.2) is 167 Å². The van der Waals surface area contributed by atoms with Crippen LogP contribution in [0.5, 0.6) is 0 Å². The van der Waals surface area contributed by atoms with Gasteiger partial charge in [-0.25, -0.2) is 4.99 Å². The quantitative estimate of drug-likeness (QED) is 0.194. The molecule has 0 saturated heterocycles. The number of aromatic nitrogens is 1. The first kappa shape index (κ1) is 30.2. The van der Waals surface area contributed by atoms with E-state index in [0.29, 0.717) is 0 Å². The summed E-state index contributed by atoms with van der Waals surface area (Å²) in [4.78, 5) is 5.19. The molecule has 53 heavy (non-hydrogen) atoms. The number of nitrogens with one attached hydrogen (secondary N) is 2. The molecule has 2 aliphatic rings. The largest absolute Gasteiger partial charge is 0.456 e. The van der Waals surface area contributed by atoms with Crippen LogP contribution in [0.1, 0.15) is 54.0 Å². The highest BCUT2D eigenvalue weighted by molar-refractivity contribution is 6.15. The molecule has 1 aliphatic carbocycles. The van der Waals surface area contributed by atoms with Crippen LogP contribution in [0.25, 0.3) is 60.6 Å². The van der Waals surface area contributed by atoms with Gasteiger partial charge in [0, 0.05) is 27.1 Å². The Balaban J connectivity index is 1.09. The first-order valence-corrected chi connectivity index (χ1v) is 18.4. The molecule has 2 atom stereocenters. The number of benzene rings is 7. The van der Waals surface area contributed by atoms with Gasteiger partial charge in [-0.3, -0.25) is 5.32 Å². The lowest BCUT2D eigenvalue weighted by Gasteiger charge is -2.32. The van der Waals surface area contributed by atoms with Crippen LogP contribution in [0.2, 0.25) is 0 Å². The van der Waals surface area contributed by atoms with Gasteiger partial charge in [0.05, 0.1) is 22.1 Å². The molecular formula is C48H36N4O. The van der Waals surface area contributed by atoms with Crippen LogP contribution in [0.4, 0.5) is 0 Å². The van der Waals surface area contributed by atoms with E-state index in [0.717, 1.165) is 50.2 Å². The highest BCUT2D eigenvalue weighted by Crippen LogP contribution is 2.51. The fraction of sp³-hybridized carbons (Fsp3) is 0.104.